The van der Waals surface area contributed by atoms with Crippen LogP contribution < -0.4 is 5.32 Å². The SMILES string of the molecule is CC(C)(C)OC(=O)NCc1cc(C(C)(C)C)cc(Br)c1O. The Bertz CT molecular complexity index is 528. The molecule has 0 heterocycles. The van der Waals surface area contributed by atoms with E-state index >= 15 is 0 Å². The van der Waals surface area contributed by atoms with Gasteiger partial charge in [0.15, 0.2) is 0 Å². The fourth-order valence-electron chi connectivity index (χ4n) is 1.71. The zero-order valence-electron chi connectivity index (χ0n) is 13.5. The molecule has 1 rings (SSSR count). The Morgan fingerprint density at radius 1 is 1.24 bits per heavy atom. The third-order valence-electron chi connectivity index (χ3n) is 2.83. The molecule has 0 aliphatic rings. The fraction of sp³-hybridized carbons (Fsp3) is 0.562. The van der Waals surface area contributed by atoms with Gasteiger partial charge in [0.05, 0.1) is 4.47 Å². The van der Waals surface area contributed by atoms with Crippen LogP contribution in [0.4, 0.5) is 4.79 Å². The van der Waals surface area contributed by atoms with E-state index in [1.807, 2.05) is 12.1 Å². The molecule has 0 radical (unpaired) electrons. The van der Waals surface area contributed by atoms with Gasteiger partial charge >= 0.3 is 6.09 Å². The van der Waals surface area contributed by atoms with Gasteiger partial charge in [-0.25, -0.2) is 4.79 Å². The monoisotopic (exact) mass is 357 g/mol. The second-order valence-electron chi connectivity index (χ2n) is 7.07. The van der Waals surface area contributed by atoms with Gasteiger partial charge in [0, 0.05) is 12.1 Å². The van der Waals surface area contributed by atoms with Crippen LogP contribution in [0.5, 0.6) is 5.75 Å². The van der Waals surface area contributed by atoms with E-state index in [1.165, 1.54) is 0 Å². The Hall–Kier alpha value is -1.23. The highest BCUT2D eigenvalue weighted by Crippen LogP contribution is 2.34. The van der Waals surface area contributed by atoms with Crippen LogP contribution in [0, 0.1) is 0 Å². The number of rotatable bonds is 2. The number of carbonyl (C=O) groups excluding carboxylic acids is 1. The number of hydrogen-bond acceptors (Lipinski definition) is 3. The topological polar surface area (TPSA) is 58.6 Å². The molecule has 118 valence electrons. The van der Waals surface area contributed by atoms with Crippen LogP contribution in [0.2, 0.25) is 0 Å². The first kappa shape index (κ1) is 17.8. The quantitative estimate of drug-likeness (QED) is 0.820. The first-order valence-electron chi connectivity index (χ1n) is 6.89. The maximum Gasteiger partial charge on any atom is 0.407 e. The van der Waals surface area contributed by atoms with Gasteiger partial charge in [-0.05, 0) is 59.8 Å². The summed E-state index contributed by atoms with van der Waals surface area (Å²) in [5.41, 5.74) is 1.14. The molecule has 1 aromatic rings. The van der Waals surface area contributed by atoms with Gasteiger partial charge in [-0.2, -0.15) is 0 Å². The van der Waals surface area contributed by atoms with Gasteiger partial charge in [-0.3, -0.25) is 0 Å². The van der Waals surface area contributed by atoms with Crippen LogP contribution in [-0.2, 0) is 16.7 Å². The molecule has 4 nitrogen and oxygen atoms in total. The van der Waals surface area contributed by atoms with Crippen LogP contribution in [0.1, 0.15) is 52.7 Å². The number of halogens is 1. The number of benzene rings is 1. The summed E-state index contributed by atoms with van der Waals surface area (Å²) in [4.78, 5) is 11.7. The smallest absolute Gasteiger partial charge is 0.407 e. The molecule has 2 N–H and O–H groups in total. The molecule has 0 bridgehead atoms. The molecule has 5 heteroatoms. The van der Waals surface area contributed by atoms with Crippen molar-refractivity contribution >= 4 is 22.0 Å². The average Bonchev–Trinajstić information content (AvgIpc) is 2.27. The number of nitrogens with one attached hydrogen (secondary N) is 1. The van der Waals surface area contributed by atoms with Crippen molar-refractivity contribution in [2.75, 3.05) is 0 Å². The molecule has 0 fully saturated rings. The molecular weight excluding hydrogens is 334 g/mol. The second-order valence-corrected chi connectivity index (χ2v) is 7.93. The van der Waals surface area contributed by atoms with Crippen molar-refractivity contribution in [3.63, 3.8) is 0 Å². The molecule has 0 aromatic heterocycles. The summed E-state index contributed by atoms with van der Waals surface area (Å²) in [5, 5.41) is 12.8. The third kappa shape index (κ3) is 5.58. The zero-order valence-corrected chi connectivity index (χ0v) is 15.1. The largest absolute Gasteiger partial charge is 0.506 e. The molecule has 1 amide bonds. The lowest BCUT2D eigenvalue weighted by Gasteiger charge is -2.22. The van der Waals surface area contributed by atoms with Crippen molar-refractivity contribution in [1.82, 2.24) is 5.32 Å². The van der Waals surface area contributed by atoms with Crippen molar-refractivity contribution < 1.29 is 14.6 Å². The van der Waals surface area contributed by atoms with Crippen LogP contribution in [0.25, 0.3) is 0 Å². The molecular formula is C16H24BrNO3. The zero-order chi connectivity index (χ0) is 16.4. The summed E-state index contributed by atoms with van der Waals surface area (Å²) in [6.07, 6.45) is -0.501. The number of aromatic hydroxyl groups is 1. The van der Waals surface area contributed by atoms with Gasteiger partial charge in [-0.15, -0.1) is 0 Å². The van der Waals surface area contributed by atoms with E-state index in [0.29, 0.717) is 10.0 Å². The highest BCUT2D eigenvalue weighted by Gasteiger charge is 2.19. The Balaban J connectivity index is 2.89. The van der Waals surface area contributed by atoms with E-state index in [0.717, 1.165) is 5.56 Å². The molecule has 21 heavy (non-hydrogen) atoms. The van der Waals surface area contributed by atoms with E-state index in [1.54, 1.807) is 20.8 Å². The van der Waals surface area contributed by atoms with Crippen molar-refractivity contribution in [3.05, 3.63) is 27.7 Å². The standard InChI is InChI=1S/C16H24BrNO3/c1-15(2,3)11-7-10(13(19)12(17)8-11)9-18-14(20)21-16(4,5)6/h7-8,19H,9H2,1-6H3,(H,18,20). The number of carbonyl (C=O) groups is 1. The minimum absolute atomic E-state index is 0.0448. The molecule has 0 saturated carbocycles. The molecule has 0 spiro atoms. The Morgan fingerprint density at radius 2 is 1.81 bits per heavy atom. The predicted molar refractivity (Wildman–Crippen MR) is 87.6 cm³/mol. The molecule has 1 aromatic carbocycles. The maximum absolute atomic E-state index is 11.7. The second kappa shape index (κ2) is 6.26. The van der Waals surface area contributed by atoms with E-state index in [9.17, 15) is 9.90 Å². The van der Waals surface area contributed by atoms with Crippen molar-refractivity contribution in [2.45, 2.75) is 59.1 Å². The Morgan fingerprint density at radius 3 is 2.29 bits per heavy atom. The summed E-state index contributed by atoms with van der Waals surface area (Å²) in [7, 11) is 0. The van der Waals surface area contributed by atoms with Crippen molar-refractivity contribution in [3.8, 4) is 5.75 Å². The number of phenols is 1. The van der Waals surface area contributed by atoms with Crippen LogP contribution in [0.3, 0.4) is 0 Å². The first-order valence-corrected chi connectivity index (χ1v) is 7.68. The number of phenolic OH excluding ortho intramolecular Hbond substituents is 1. The van der Waals surface area contributed by atoms with Gasteiger partial charge in [0.25, 0.3) is 0 Å². The van der Waals surface area contributed by atoms with Gasteiger partial charge < -0.3 is 15.2 Å². The van der Waals surface area contributed by atoms with E-state index in [4.69, 9.17) is 4.74 Å². The Labute approximate surface area is 135 Å². The first-order chi connectivity index (χ1) is 9.40. The fourth-order valence-corrected chi connectivity index (χ4v) is 2.21. The summed E-state index contributed by atoms with van der Waals surface area (Å²) in [6.45, 7) is 11.9. The minimum atomic E-state index is -0.542. The molecule has 0 aliphatic carbocycles. The van der Waals surface area contributed by atoms with Gasteiger partial charge in [0.2, 0.25) is 0 Å². The molecule has 0 aliphatic heterocycles. The van der Waals surface area contributed by atoms with E-state index in [-0.39, 0.29) is 17.7 Å². The lowest BCUT2D eigenvalue weighted by Crippen LogP contribution is -2.32. The predicted octanol–water partition coefficient (Wildman–Crippen LogP) is 4.48. The van der Waals surface area contributed by atoms with E-state index in [2.05, 4.69) is 42.0 Å². The highest BCUT2D eigenvalue weighted by atomic mass is 79.9. The molecule has 0 saturated heterocycles. The highest BCUT2D eigenvalue weighted by molar-refractivity contribution is 9.10. The Kier molecular flexibility index (Phi) is 5.31. The number of amides is 1. The number of ether oxygens (including phenoxy) is 1. The van der Waals surface area contributed by atoms with Crippen molar-refractivity contribution in [2.24, 2.45) is 0 Å². The normalized spacial score (nSPS) is 12.1. The molecule has 0 unspecified atom stereocenters. The van der Waals surface area contributed by atoms with Crippen LogP contribution in [0.15, 0.2) is 16.6 Å². The summed E-state index contributed by atoms with van der Waals surface area (Å²) < 4.78 is 5.80. The summed E-state index contributed by atoms with van der Waals surface area (Å²) >= 11 is 3.35. The maximum atomic E-state index is 11.7. The van der Waals surface area contributed by atoms with Crippen LogP contribution >= 0.6 is 15.9 Å². The number of alkyl carbamates (subject to hydrolysis) is 1. The van der Waals surface area contributed by atoms with Crippen molar-refractivity contribution in [1.29, 1.82) is 0 Å². The average molecular weight is 358 g/mol. The lowest BCUT2D eigenvalue weighted by atomic mass is 9.86. The van der Waals surface area contributed by atoms with E-state index < -0.39 is 11.7 Å². The third-order valence-corrected chi connectivity index (χ3v) is 3.43. The van der Waals surface area contributed by atoms with Gasteiger partial charge in [0.1, 0.15) is 11.4 Å². The summed E-state index contributed by atoms with van der Waals surface area (Å²) in [5.74, 6) is 0.138. The molecule has 0 atom stereocenters. The lowest BCUT2D eigenvalue weighted by molar-refractivity contribution is 0.0523. The van der Waals surface area contributed by atoms with Crippen LogP contribution in [-0.4, -0.2) is 16.8 Å². The number of hydrogen-bond donors (Lipinski definition) is 2. The van der Waals surface area contributed by atoms with Gasteiger partial charge in [-0.1, -0.05) is 20.8 Å². The minimum Gasteiger partial charge on any atom is -0.506 e. The summed E-state index contributed by atoms with van der Waals surface area (Å²) in [6, 6.07) is 3.80.